The Kier molecular flexibility index (Phi) is 5.11. The Labute approximate surface area is 141 Å². The average molecular weight is 327 g/mol. The molecule has 0 aliphatic carbocycles. The van der Waals surface area contributed by atoms with Gasteiger partial charge in [-0.25, -0.2) is 4.39 Å². The van der Waals surface area contributed by atoms with Gasteiger partial charge in [0.25, 0.3) is 5.91 Å². The summed E-state index contributed by atoms with van der Waals surface area (Å²) in [6.45, 7) is 3.98. The molecule has 1 aliphatic rings. The highest BCUT2D eigenvalue weighted by atomic mass is 19.1. The molecule has 4 nitrogen and oxygen atoms in total. The minimum Gasteiger partial charge on any atom is -0.399 e. The molecule has 24 heavy (non-hydrogen) atoms. The number of halogens is 1. The molecule has 1 heterocycles. The number of nitrogens with two attached hydrogens (primary N) is 1. The lowest BCUT2D eigenvalue weighted by atomic mass is 10.2. The van der Waals surface area contributed by atoms with Gasteiger partial charge in [-0.2, -0.15) is 0 Å². The van der Waals surface area contributed by atoms with Gasteiger partial charge in [0.1, 0.15) is 5.82 Å². The summed E-state index contributed by atoms with van der Waals surface area (Å²) in [7, 11) is 0. The largest absolute Gasteiger partial charge is 0.399 e. The standard InChI is InChI=1S/C19H22FN3O/c20-17-6-2-15(3-7-17)14-22-10-1-11-23(13-12-22)19(24)16-4-8-18(21)9-5-16/h2-9H,1,10-14,21H2. The van der Waals surface area contributed by atoms with Gasteiger partial charge < -0.3 is 10.6 Å². The van der Waals surface area contributed by atoms with Crippen molar-refractivity contribution in [2.45, 2.75) is 13.0 Å². The van der Waals surface area contributed by atoms with E-state index in [0.29, 0.717) is 17.8 Å². The van der Waals surface area contributed by atoms with E-state index in [9.17, 15) is 9.18 Å². The fraction of sp³-hybridized carbons (Fsp3) is 0.316. The SMILES string of the molecule is Nc1ccc(C(=O)N2CCCN(Cc3ccc(F)cc3)CC2)cc1. The van der Waals surface area contributed by atoms with E-state index in [1.54, 1.807) is 24.3 Å². The Hall–Kier alpha value is -2.40. The Morgan fingerprint density at radius 3 is 2.38 bits per heavy atom. The van der Waals surface area contributed by atoms with Gasteiger partial charge in [0.15, 0.2) is 0 Å². The van der Waals surface area contributed by atoms with Crippen molar-refractivity contribution in [3.8, 4) is 0 Å². The number of benzene rings is 2. The molecular formula is C19H22FN3O. The van der Waals surface area contributed by atoms with Crippen LogP contribution in [0.5, 0.6) is 0 Å². The molecule has 0 unspecified atom stereocenters. The smallest absolute Gasteiger partial charge is 0.253 e. The van der Waals surface area contributed by atoms with Gasteiger partial charge >= 0.3 is 0 Å². The lowest BCUT2D eigenvalue weighted by Gasteiger charge is -2.22. The molecule has 0 saturated carbocycles. The van der Waals surface area contributed by atoms with Crippen molar-refractivity contribution in [3.05, 3.63) is 65.5 Å². The van der Waals surface area contributed by atoms with Gasteiger partial charge in [0, 0.05) is 44.0 Å². The van der Waals surface area contributed by atoms with E-state index < -0.39 is 0 Å². The van der Waals surface area contributed by atoms with E-state index in [4.69, 9.17) is 5.73 Å². The Bertz CT molecular complexity index is 685. The van der Waals surface area contributed by atoms with Gasteiger partial charge in [-0.05, 0) is 48.4 Å². The number of nitrogens with zero attached hydrogens (tertiary/aromatic N) is 2. The fourth-order valence-electron chi connectivity index (χ4n) is 2.99. The third kappa shape index (κ3) is 4.11. The summed E-state index contributed by atoms with van der Waals surface area (Å²) in [6.07, 6.45) is 0.932. The molecule has 1 fully saturated rings. The lowest BCUT2D eigenvalue weighted by Crippen LogP contribution is -2.35. The number of hydrogen-bond donors (Lipinski definition) is 1. The summed E-state index contributed by atoms with van der Waals surface area (Å²) >= 11 is 0. The normalized spacial score (nSPS) is 16.0. The van der Waals surface area contributed by atoms with E-state index in [-0.39, 0.29) is 11.7 Å². The molecule has 126 valence electrons. The van der Waals surface area contributed by atoms with Crippen molar-refractivity contribution < 1.29 is 9.18 Å². The van der Waals surface area contributed by atoms with Crippen molar-refractivity contribution in [2.75, 3.05) is 31.9 Å². The molecule has 0 spiro atoms. The van der Waals surface area contributed by atoms with Crippen LogP contribution in [0.4, 0.5) is 10.1 Å². The molecule has 0 bridgehead atoms. The van der Waals surface area contributed by atoms with Gasteiger partial charge in [-0.3, -0.25) is 9.69 Å². The number of nitrogen functional groups attached to an aromatic ring is 1. The Morgan fingerprint density at radius 1 is 0.958 bits per heavy atom. The first-order valence-corrected chi connectivity index (χ1v) is 8.23. The topological polar surface area (TPSA) is 49.6 Å². The molecule has 1 amide bonds. The van der Waals surface area contributed by atoms with Crippen LogP contribution in [0.2, 0.25) is 0 Å². The first-order chi connectivity index (χ1) is 11.6. The predicted molar refractivity (Wildman–Crippen MR) is 93.1 cm³/mol. The minimum atomic E-state index is -0.213. The highest BCUT2D eigenvalue weighted by Gasteiger charge is 2.20. The van der Waals surface area contributed by atoms with Crippen LogP contribution in [0.25, 0.3) is 0 Å². The maximum Gasteiger partial charge on any atom is 0.253 e. The number of hydrogen-bond acceptors (Lipinski definition) is 3. The fourth-order valence-corrected chi connectivity index (χ4v) is 2.99. The number of rotatable bonds is 3. The second-order valence-electron chi connectivity index (χ2n) is 6.17. The van der Waals surface area contributed by atoms with Gasteiger partial charge in [-0.1, -0.05) is 12.1 Å². The highest BCUT2D eigenvalue weighted by Crippen LogP contribution is 2.13. The van der Waals surface area contributed by atoms with Crippen molar-refractivity contribution in [1.82, 2.24) is 9.80 Å². The zero-order valence-electron chi connectivity index (χ0n) is 13.6. The van der Waals surface area contributed by atoms with Crippen LogP contribution in [0.1, 0.15) is 22.3 Å². The molecule has 1 saturated heterocycles. The summed E-state index contributed by atoms with van der Waals surface area (Å²) in [5.41, 5.74) is 8.11. The van der Waals surface area contributed by atoms with Crippen molar-refractivity contribution >= 4 is 11.6 Å². The third-order valence-corrected chi connectivity index (χ3v) is 4.35. The summed E-state index contributed by atoms with van der Waals surface area (Å²) in [5, 5.41) is 0. The first kappa shape index (κ1) is 16.5. The maximum atomic E-state index is 13.0. The van der Waals surface area contributed by atoms with Crippen molar-refractivity contribution in [3.63, 3.8) is 0 Å². The number of amides is 1. The first-order valence-electron chi connectivity index (χ1n) is 8.23. The van der Waals surface area contributed by atoms with E-state index in [2.05, 4.69) is 4.90 Å². The third-order valence-electron chi connectivity index (χ3n) is 4.35. The average Bonchev–Trinajstić information content (AvgIpc) is 2.83. The van der Waals surface area contributed by atoms with Gasteiger partial charge in [0.2, 0.25) is 0 Å². The summed E-state index contributed by atoms with van der Waals surface area (Å²) in [6, 6.07) is 13.7. The number of carbonyl (C=O) groups is 1. The molecule has 2 aromatic rings. The van der Waals surface area contributed by atoms with E-state index in [0.717, 1.165) is 38.2 Å². The highest BCUT2D eigenvalue weighted by molar-refractivity contribution is 5.94. The van der Waals surface area contributed by atoms with Gasteiger partial charge in [-0.15, -0.1) is 0 Å². The quantitative estimate of drug-likeness (QED) is 0.882. The van der Waals surface area contributed by atoms with E-state index in [1.807, 2.05) is 17.0 Å². The molecule has 0 aromatic heterocycles. The van der Waals surface area contributed by atoms with Crippen LogP contribution in [0.15, 0.2) is 48.5 Å². The second-order valence-corrected chi connectivity index (χ2v) is 6.17. The number of carbonyl (C=O) groups excluding carboxylic acids is 1. The summed E-state index contributed by atoms with van der Waals surface area (Å²) < 4.78 is 13.0. The molecule has 0 radical (unpaired) electrons. The van der Waals surface area contributed by atoms with Crippen LogP contribution >= 0.6 is 0 Å². The minimum absolute atomic E-state index is 0.0543. The monoisotopic (exact) mass is 327 g/mol. The predicted octanol–water partition coefficient (Wildman–Crippen LogP) is 2.76. The molecule has 2 aromatic carbocycles. The van der Waals surface area contributed by atoms with E-state index >= 15 is 0 Å². The molecule has 5 heteroatoms. The van der Waals surface area contributed by atoms with Crippen LogP contribution in [-0.4, -0.2) is 41.9 Å². The molecule has 1 aliphatic heterocycles. The molecule has 2 N–H and O–H groups in total. The number of anilines is 1. The van der Waals surface area contributed by atoms with Crippen LogP contribution in [0, 0.1) is 5.82 Å². The maximum absolute atomic E-state index is 13.0. The Balaban J connectivity index is 1.59. The van der Waals surface area contributed by atoms with Crippen LogP contribution < -0.4 is 5.73 Å². The zero-order valence-corrected chi connectivity index (χ0v) is 13.6. The zero-order chi connectivity index (χ0) is 16.9. The van der Waals surface area contributed by atoms with Crippen LogP contribution in [0.3, 0.4) is 0 Å². The van der Waals surface area contributed by atoms with Crippen LogP contribution in [-0.2, 0) is 6.54 Å². The second kappa shape index (κ2) is 7.45. The summed E-state index contributed by atoms with van der Waals surface area (Å²) in [5.74, 6) is -0.159. The Morgan fingerprint density at radius 2 is 1.67 bits per heavy atom. The lowest BCUT2D eigenvalue weighted by molar-refractivity contribution is 0.0761. The van der Waals surface area contributed by atoms with Crippen molar-refractivity contribution in [1.29, 1.82) is 0 Å². The molecule has 0 atom stereocenters. The molecule has 3 rings (SSSR count). The van der Waals surface area contributed by atoms with Crippen molar-refractivity contribution in [2.24, 2.45) is 0 Å². The molecular weight excluding hydrogens is 305 g/mol. The van der Waals surface area contributed by atoms with E-state index in [1.165, 1.54) is 12.1 Å². The van der Waals surface area contributed by atoms with Gasteiger partial charge in [0.05, 0.1) is 0 Å². The summed E-state index contributed by atoms with van der Waals surface area (Å²) in [4.78, 5) is 16.8.